The first kappa shape index (κ1) is 18.7. The van der Waals surface area contributed by atoms with Crippen LogP contribution in [0.3, 0.4) is 0 Å². The van der Waals surface area contributed by atoms with Crippen molar-refractivity contribution in [1.29, 1.82) is 0 Å². The molecule has 3 aromatic rings. The van der Waals surface area contributed by atoms with Crippen LogP contribution in [0.1, 0.15) is 15.9 Å². The van der Waals surface area contributed by atoms with Crippen LogP contribution in [0.2, 0.25) is 0 Å². The molecule has 0 amide bonds. The number of benzene rings is 2. The lowest BCUT2D eigenvalue weighted by molar-refractivity contribution is 0.0988. The molecule has 0 atom stereocenters. The van der Waals surface area contributed by atoms with Crippen LogP contribution in [-0.4, -0.2) is 20.0 Å². The highest BCUT2D eigenvalue weighted by Gasteiger charge is 2.17. The summed E-state index contributed by atoms with van der Waals surface area (Å²) in [5.41, 5.74) is 0.517. The van der Waals surface area contributed by atoms with Gasteiger partial charge in [-0.3, -0.25) is 4.79 Å². The highest BCUT2D eigenvalue weighted by Crippen LogP contribution is 2.29. The molecule has 0 fully saturated rings. The van der Waals surface area contributed by atoms with E-state index in [0.29, 0.717) is 32.5 Å². The zero-order valence-corrected chi connectivity index (χ0v) is 17.1. The van der Waals surface area contributed by atoms with E-state index >= 15 is 0 Å². The van der Waals surface area contributed by atoms with Crippen LogP contribution in [0.5, 0.6) is 11.5 Å². The molecule has 0 aliphatic carbocycles. The summed E-state index contributed by atoms with van der Waals surface area (Å²) in [7, 11) is 3.00. The van der Waals surface area contributed by atoms with E-state index < -0.39 is 5.63 Å². The first-order chi connectivity index (χ1) is 12.4. The van der Waals surface area contributed by atoms with Crippen molar-refractivity contribution in [3.05, 3.63) is 66.9 Å². The molecular formula is C19H14Br2O5. The molecule has 2 aromatic carbocycles. The Kier molecular flexibility index (Phi) is 5.48. The predicted molar refractivity (Wildman–Crippen MR) is 105 cm³/mol. The zero-order valence-electron chi connectivity index (χ0n) is 14.0. The maximum atomic E-state index is 12.7. The van der Waals surface area contributed by atoms with E-state index in [1.807, 2.05) is 6.07 Å². The molecule has 0 saturated carbocycles. The molecular weight excluding hydrogens is 468 g/mol. The second kappa shape index (κ2) is 7.63. The van der Waals surface area contributed by atoms with Crippen LogP contribution < -0.4 is 15.1 Å². The molecule has 0 aliphatic heterocycles. The summed E-state index contributed by atoms with van der Waals surface area (Å²) >= 11 is 6.77. The Hall–Kier alpha value is -2.12. The van der Waals surface area contributed by atoms with Crippen molar-refractivity contribution in [2.24, 2.45) is 0 Å². The van der Waals surface area contributed by atoms with Crippen molar-refractivity contribution in [2.75, 3.05) is 14.2 Å². The molecule has 0 saturated heterocycles. The zero-order chi connectivity index (χ0) is 18.8. The Bertz CT molecular complexity index is 1060. The highest BCUT2D eigenvalue weighted by atomic mass is 79.9. The average Bonchev–Trinajstić information content (AvgIpc) is 2.62. The molecule has 0 aliphatic rings. The summed E-state index contributed by atoms with van der Waals surface area (Å²) in [4.78, 5) is 25.1. The molecule has 0 spiro atoms. The van der Waals surface area contributed by atoms with Gasteiger partial charge in [-0.25, -0.2) is 4.79 Å². The molecule has 134 valence electrons. The van der Waals surface area contributed by atoms with Gasteiger partial charge in [0.1, 0.15) is 11.5 Å². The largest absolute Gasteiger partial charge is 0.497 e. The summed E-state index contributed by atoms with van der Waals surface area (Å²) in [5.74, 6) is 0.695. The van der Waals surface area contributed by atoms with E-state index in [-0.39, 0.29) is 17.8 Å². The van der Waals surface area contributed by atoms with Crippen molar-refractivity contribution < 1.29 is 18.7 Å². The van der Waals surface area contributed by atoms with Gasteiger partial charge >= 0.3 is 5.63 Å². The van der Waals surface area contributed by atoms with Gasteiger partial charge in [-0.15, -0.1) is 0 Å². The lowest BCUT2D eigenvalue weighted by Crippen LogP contribution is -2.14. The molecule has 3 rings (SSSR count). The monoisotopic (exact) mass is 480 g/mol. The van der Waals surface area contributed by atoms with E-state index in [9.17, 15) is 9.59 Å². The molecule has 1 aromatic heterocycles. The number of methoxy groups -OCH3 is 2. The third kappa shape index (κ3) is 3.68. The van der Waals surface area contributed by atoms with Gasteiger partial charge in [-0.1, -0.05) is 15.9 Å². The minimum absolute atomic E-state index is 0.105. The fourth-order valence-corrected chi connectivity index (χ4v) is 3.96. The minimum Gasteiger partial charge on any atom is -0.497 e. The fourth-order valence-electron chi connectivity index (χ4n) is 2.62. The van der Waals surface area contributed by atoms with Crippen LogP contribution in [0, 0.1) is 0 Å². The van der Waals surface area contributed by atoms with Gasteiger partial charge in [0.15, 0.2) is 11.4 Å². The smallest absolute Gasteiger partial charge is 0.339 e. The van der Waals surface area contributed by atoms with Crippen molar-refractivity contribution in [3.8, 4) is 11.5 Å². The molecule has 1 heterocycles. The number of ketones is 1. The van der Waals surface area contributed by atoms with E-state index in [2.05, 4.69) is 31.9 Å². The number of rotatable bonds is 5. The number of fused-ring (bicyclic) bond motifs is 1. The second-order valence-electron chi connectivity index (χ2n) is 5.53. The summed E-state index contributed by atoms with van der Waals surface area (Å²) in [6.45, 7) is 0. The lowest BCUT2D eigenvalue weighted by atomic mass is 10.0. The number of ether oxygens (including phenoxy) is 2. The van der Waals surface area contributed by atoms with Crippen LogP contribution in [0.25, 0.3) is 11.0 Å². The Morgan fingerprint density at radius 2 is 1.85 bits per heavy atom. The number of hydrogen-bond acceptors (Lipinski definition) is 5. The van der Waals surface area contributed by atoms with Gasteiger partial charge in [0.05, 0.1) is 24.3 Å². The summed E-state index contributed by atoms with van der Waals surface area (Å²) < 4.78 is 17.3. The van der Waals surface area contributed by atoms with Crippen LogP contribution in [0.4, 0.5) is 0 Å². The lowest BCUT2D eigenvalue weighted by Gasteiger charge is -2.10. The van der Waals surface area contributed by atoms with Gasteiger partial charge in [0, 0.05) is 21.8 Å². The third-order valence-electron chi connectivity index (χ3n) is 3.88. The fraction of sp³-hybridized carbons (Fsp3) is 0.158. The quantitative estimate of drug-likeness (QED) is 0.388. The van der Waals surface area contributed by atoms with E-state index in [4.69, 9.17) is 13.9 Å². The molecule has 26 heavy (non-hydrogen) atoms. The molecule has 0 bridgehead atoms. The average molecular weight is 482 g/mol. The molecule has 5 nitrogen and oxygen atoms in total. The standard InChI is InChI=1S/C19H14Br2O5/c1-24-13-3-4-17(25-2)14(9-13)16(22)7-11-5-10-6-12(20)8-15(21)18(10)26-19(11)23/h3-6,8-9H,7H2,1-2H3. The van der Waals surface area contributed by atoms with Gasteiger partial charge in [-0.05, 0) is 52.3 Å². The number of halogens is 2. The normalized spacial score (nSPS) is 10.8. The van der Waals surface area contributed by atoms with E-state index in [1.54, 1.807) is 30.3 Å². The Morgan fingerprint density at radius 1 is 1.08 bits per heavy atom. The van der Waals surface area contributed by atoms with Crippen LogP contribution >= 0.6 is 31.9 Å². The number of carbonyl (C=O) groups excluding carboxylic acids is 1. The first-order valence-electron chi connectivity index (χ1n) is 7.60. The van der Waals surface area contributed by atoms with Crippen molar-refractivity contribution in [3.63, 3.8) is 0 Å². The summed E-state index contributed by atoms with van der Waals surface area (Å²) in [5, 5.41) is 0.714. The van der Waals surface area contributed by atoms with E-state index in [1.165, 1.54) is 14.2 Å². The number of hydrogen-bond donors (Lipinski definition) is 0. The van der Waals surface area contributed by atoms with Gasteiger partial charge in [-0.2, -0.15) is 0 Å². The van der Waals surface area contributed by atoms with Gasteiger partial charge in [0.2, 0.25) is 0 Å². The van der Waals surface area contributed by atoms with Crippen LogP contribution in [0.15, 0.2) is 54.6 Å². The summed E-state index contributed by atoms with van der Waals surface area (Å²) in [6, 6.07) is 10.2. The minimum atomic E-state index is -0.546. The van der Waals surface area contributed by atoms with Crippen molar-refractivity contribution in [2.45, 2.75) is 6.42 Å². The maximum Gasteiger partial charge on any atom is 0.339 e. The Balaban J connectivity index is 2.02. The number of carbonyl (C=O) groups is 1. The molecule has 7 heteroatoms. The Labute approximate surface area is 166 Å². The van der Waals surface area contributed by atoms with Crippen molar-refractivity contribution in [1.82, 2.24) is 0 Å². The Morgan fingerprint density at radius 3 is 2.54 bits per heavy atom. The topological polar surface area (TPSA) is 65.7 Å². The third-order valence-corrected chi connectivity index (χ3v) is 4.93. The van der Waals surface area contributed by atoms with Gasteiger partial charge in [0.25, 0.3) is 0 Å². The first-order valence-corrected chi connectivity index (χ1v) is 9.18. The second-order valence-corrected chi connectivity index (χ2v) is 7.30. The van der Waals surface area contributed by atoms with Gasteiger partial charge < -0.3 is 13.9 Å². The van der Waals surface area contributed by atoms with Crippen LogP contribution in [-0.2, 0) is 6.42 Å². The maximum absolute atomic E-state index is 12.7. The highest BCUT2D eigenvalue weighted by molar-refractivity contribution is 9.11. The van der Waals surface area contributed by atoms with Crippen molar-refractivity contribution >= 4 is 48.6 Å². The summed E-state index contributed by atoms with van der Waals surface area (Å²) in [6.07, 6.45) is -0.105. The molecule has 0 N–H and O–H groups in total. The SMILES string of the molecule is COc1ccc(OC)c(C(=O)Cc2cc3cc(Br)cc(Br)c3oc2=O)c1. The number of Topliss-reactive ketones (excluding diaryl/α,β-unsaturated/α-hetero) is 1. The van der Waals surface area contributed by atoms with E-state index in [0.717, 1.165) is 4.47 Å². The molecule has 0 unspecified atom stereocenters. The molecule has 0 radical (unpaired) electrons. The predicted octanol–water partition coefficient (Wildman–Crippen LogP) is 4.76.